The van der Waals surface area contributed by atoms with Crippen molar-refractivity contribution in [2.24, 2.45) is 0 Å². The highest BCUT2D eigenvalue weighted by Gasteiger charge is 2.24. The van der Waals surface area contributed by atoms with Crippen LogP contribution in [0.2, 0.25) is 0 Å². The highest BCUT2D eigenvalue weighted by Crippen LogP contribution is 2.06. The van der Waals surface area contributed by atoms with Crippen molar-refractivity contribution >= 4 is 23.8 Å². The van der Waals surface area contributed by atoms with Crippen LogP contribution in [0, 0.1) is 0 Å². The largest absolute Gasteiger partial charge is 0.466 e. The first-order chi connectivity index (χ1) is 22.4. The summed E-state index contributed by atoms with van der Waals surface area (Å²) in [6.07, 6.45) is 34.2. The Morgan fingerprint density at radius 3 is 1.74 bits per heavy atom. The second-order valence-electron chi connectivity index (χ2n) is 10.1. The van der Waals surface area contributed by atoms with Crippen molar-refractivity contribution in [1.82, 2.24) is 10.6 Å². The van der Waals surface area contributed by atoms with Gasteiger partial charge in [-0.1, -0.05) is 79.8 Å². The van der Waals surface area contributed by atoms with E-state index in [2.05, 4.69) is 83.1 Å². The second-order valence-corrected chi connectivity index (χ2v) is 10.1. The molecule has 0 aliphatic heterocycles. The minimum Gasteiger partial charge on any atom is -0.466 e. The van der Waals surface area contributed by atoms with Gasteiger partial charge >= 0.3 is 11.9 Å². The summed E-state index contributed by atoms with van der Waals surface area (Å²) in [5.74, 6) is -2.34. The van der Waals surface area contributed by atoms with Crippen LogP contribution >= 0.6 is 0 Å². The molecule has 0 aliphatic carbocycles. The fourth-order valence-electron chi connectivity index (χ4n) is 3.70. The molecule has 10 nitrogen and oxygen atoms in total. The molecule has 0 unspecified atom stereocenters. The van der Waals surface area contributed by atoms with E-state index in [1.807, 2.05) is 12.2 Å². The van der Waals surface area contributed by atoms with E-state index >= 15 is 0 Å². The quantitative estimate of drug-likeness (QED) is 0.0452. The number of unbranched alkanes of at least 4 members (excludes halogenated alkanes) is 1. The third-order valence-corrected chi connectivity index (χ3v) is 6.24. The molecule has 0 radical (unpaired) electrons. The number of carbonyl (C=O) groups excluding carboxylic acids is 4. The lowest BCUT2D eigenvalue weighted by molar-refractivity contribution is -0.157. The number of aliphatic hydroxyl groups is 2. The van der Waals surface area contributed by atoms with Gasteiger partial charge in [-0.3, -0.25) is 9.59 Å². The number of esters is 2. The van der Waals surface area contributed by atoms with Crippen molar-refractivity contribution < 1.29 is 38.9 Å². The van der Waals surface area contributed by atoms with Gasteiger partial charge in [-0.15, -0.1) is 0 Å². The Balaban J connectivity index is 4.18. The number of nitrogens with one attached hydrogen (secondary N) is 2. The minimum atomic E-state index is -1.11. The normalized spacial score (nSPS) is 13.0. The smallest absolute Gasteiger partial charge is 0.330 e. The van der Waals surface area contributed by atoms with Gasteiger partial charge in [0.2, 0.25) is 11.8 Å². The number of amides is 2. The number of hydrogen-bond donors (Lipinski definition) is 4. The van der Waals surface area contributed by atoms with E-state index in [0.29, 0.717) is 32.2 Å². The maximum absolute atomic E-state index is 12.5. The highest BCUT2D eigenvalue weighted by molar-refractivity contribution is 5.96. The lowest BCUT2D eigenvalue weighted by Crippen LogP contribution is -2.43. The van der Waals surface area contributed by atoms with Crippen LogP contribution in [0.1, 0.15) is 77.6 Å². The first-order valence-corrected chi connectivity index (χ1v) is 16.0. The molecule has 256 valence electrons. The summed E-state index contributed by atoms with van der Waals surface area (Å²) in [5.41, 5.74) is 0. The molecule has 4 N–H and O–H groups in total. The maximum Gasteiger partial charge on any atom is 0.330 e. The molecule has 0 aromatic heterocycles. The van der Waals surface area contributed by atoms with Crippen LogP contribution in [-0.4, -0.2) is 73.0 Å². The van der Waals surface area contributed by atoms with E-state index in [1.165, 1.54) is 7.11 Å². The van der Waals surface area contributed by atoms with E-state index in [1.54, 1.807) is 0 Å². The van der Waals surface area contributed by atoms with Crippen LogP contribution in [0.15, 0.2) is 85.1 Å². The summed E-state index contributed by atoms with van der Waals surface area (Å²) < 4.78 is 9.45. The van der Waals surface area contributed by atoms with Crippen LogP contribution in [-0.2, 0) is 28.7 Å². The van der Waals surface area contributed by atoms with Crippen molar-refractivity contribution in [2.45, 2.75) is 89.7 Å². The molecule has 0 aromatic rings. The molecular weight excluding hydrogens is 588 g/mol. The molecule has 0 heterocycles. The molecule has 0 spiro atoms. The van der Waals surface area contributed by atoms with E-state index in [0.717, 1.165) is 50.7 Å². The monoisotopic (exact) mass is 642 g/mol. The number of rotatable bonds is 26. The average molecular weight is 643 g/mol. The number of methoxy groups -OCH3 is 1. The molecule has 0 saturated heterocycles. The van der Waals surface area contributed by atoms with Gasteiger partial charge in [0.05, 0.1) is 20.3 Å². The van der Waals surface area contributed by atoms with E-state index < -0.39 is 43.2 Å². The van der Waals surface area contributed by atoms with Gasteiger partial charge in [0.15, 0.2) is 0 Å². The maximum atomic E-state index is 12.5. The third kappa shape index (κ3) is 26.4. The molecule has 0 aromatic carbocycles. The predicted molar refractivity (Wildman–Crippen MR) is 181 cm³/mol. The van der Waals surface area contributed by atoms with Gasteiger partial charge in [-0.05, 0) is 64.2 Å². The van der Waals surface area contributed by atoms with E-state index in [4.69, 9.17) is 14.9 Å². The van der Waals surface area contributed by atoms with E-state index in [9.17, 15) is 19.2 Å². The van der Waals surface area contributed by atoms with Crippen molar-refractivity contribution in [1.29, 1.82) is 0 Å². The summed E-state index contributed by atoms with van der Waals surface area (Å²) in [5, 5.41) is 23.6. The van der Waals surface area contributed by atoms with Gasteiger partial charge in [-0.2, -0.15) is 0 Å². The number of aliphatic hydroxyl groups excluding tert-OH is 2. The molecule has 10 heteroatoms. The molecule has 0 bridgehead atoms. The Labute approximate surface area is 274 Å². The SMILES string of the molecule is CCC=CCC=CCC=CCC=CCC=CCC=CCCC(=O)NCCCC[C@H](NC(=O)C=CC(=O)OC)C(=O)OC(CO)CO. The molecular formula is C36H54N2O8. The zero-order chi connectivity index (χ0) is 34.1. The van der Waals surface area contributed by atoms with Crippen LogP contribution in [0.3, 0.4) is 0 Å². The number of carbonyl (C=O) groups is 4. The zero-order valence-corrected chi connectivity index (χ0v) is 27.5. The fraction of sp³-hybridized carbons (Fsp3) is 0.500. The summed E-state index contributed by atoms with van der Waals surface area (Å²) >= 11 is 0. The van der Waals surface area contributed by atoms with Crippen molar-refractivity contribution in [3.8, 4) is 0 Å². The van der Waals surface area contributed by atoms with Gasteiger partial charge in [0, 0.05) is 25.1 Å². The van der Waals surface area contributed by atoms with Gasteiger partial charge in [-0.25, -0.2) is 9.59 Å². The Hall–Kier alpha value is -4.02. The first kappa shape index (κ1) is 42.0. The molecule has 0 fully saturated rings. The number of allylic oxidation sites excluding steroid dienone is 12. The second kappa shape index (κ2) is 31.0. The zero-order valence-electron chi connectivity index (χ0n) is 27.5. The standard InChI is InChI=1S/C36H54N2O8/c1-3-4-5-6-7-8-9-10-11-12-13-14-15-16-17-18-19-20-21-25-33(41)37-28-23-22-24-32(36(44)46-31(29-39)30-40)38-34(42)26-27-35(43)45-2/h4-5,7-8,10-11,13-14,16-17,19-20,26-27,31-32,39-40H,3,6,9,12,15,18,21-25,28-30H2,1-2H3,(H,37,41)(H,38,42)/t32-/m0/s1. The molecule has 0 rings (SSSR count). The molecule has 2 amide bonds. The molecule has 1 atom stereocenters. The lowest BCUT2D eigenvalue weighted by Gasteiger charge is -2.20. The summed E-state index contributed by atoms with van der Waals surface area (Å²) in [7, 11) is 1.17. The molecule has 46 heavy (non-hydrogen) atoms. The topological polar surface area (TPSA) is 151 Å². The van der Waals surface area contributed by atoms with Gasteiger partial charge in [0.1, 0.15) is 12.1 Å². The Morgan fingerprint density at radius 2 is 1.24 bits per heavy atom. The highest BCUT2D eigenvalue weighted by atomic mass is 16.6. The molecule has 0 saturated carbocycles. The third-order valence-electron chi connectivity index (χ3n) is 6.24. The van der Waals surface area contributed by atoms with Crippen molar-refractivity contribution in [3.63, 3.8) is 0 Å². The lowest BCUT2D eigenvalue weighted by atomic mass is 10.1. The van der Waals surface area contributed by atoms with Crippen LogP contribution < -0.4 is 10.6 Å². The number of ether oxygens (including phenoxy) is 2. The summed E-state index contributed by atoms with van der Waals surface area (Å²) in [6, 6.07) is -1.07. The minimum absolute atomic E-state index is 0.0783. The first-order valence-electron chi connectivity index (χ1n) is 16.0. The van der Waals surface area contributed by atoms with Crippen molar-refractivity contribution in [3.05, 3.63) is 85.1 Å². The number of hydrogen-bond acceptors (Lipinski definition) is 8. The predicted octanol–water partition coefficient (Wildman–Crippen LogP) is 4.86. The van der Waals surface area contributed by atoms with Gasteiger partial charge < -0.3 is 30.3 Å². The Kier molecular flexibility index (Phi) is 28.3. The van der Waals surface area contributed by atoms with Gasteiger partial charge in [0.25, 0.3) is 0 Å². The van der Waals surface area contributed by atoms with Crippen LogP contribution in [0.5, 0.6) is 0 Å². The average Bonchev–Trinajstić information content (AvgIpc) is 3.06. The summed E-state index contributed by atoms with van der Waals surface area (Å²) in [4.78, 5) is 47.9. The van der Waals surface area contributed by atoms with E-state index in [-0.39, 0.29) is 12.3 Å². The van der Waals surface area contributed by atoms with Crippen molar-refractivity contribution in [2.75, 3.05) is 26.9 Å². The fourth-order valence-corrected chi connectivity index (χ4v) is 3.70. The molecule has 0 aliphatic rings. The Morgan fingerprint density at radius 1 is 0.717 bits per heavy atom. The Bertz CT molecular complexity index is 1050. The summed E-state index contributed by atoms with van der Waals surface area (Å²) in [6.45, 7) is 1.39. The van der Waals surface area contributed by atoms with Crippen LogP contribution in [0.4, 0.5) is 0 Å². The van der Waals surface area contributed by atoms with Crippen LogP contribution in [0.25, 0.3) is 0 Å².